The molecule has 4 heteroatoms. The van der Waals surface area contributed by atoms with Crippen molar-refractivity contribution in [2.75, 3.05) is 31.9 Å². The molecule has 18 heavy (non-hydrogen) atoms. The lowest BCUT2D eigenvalue weighted by Crippen LogP contribution is -2.46. The monoisotopic (exact) mass is 243 g/mol. The maximum Gasteiger partial charge on any atom is 0.253 e. The molecule has 0 spiro atoms. The van der Waals surface area contributed by atoms with Crippen LogP contribution in [0.25, 0.3) is 5.57 Å². The molecule has 3 rings (SSSR count). The maximum atomic E-state index is 12.3. The van der Waals surface area contributed by atoms with Crippen LogP contribution in [0.2, 0.25) is 0 Å². The van der Waals surface area contributed by atoms with Crippen LogP contribution in [0.4, 0.5) is 5.69 Å². The maximum absolute atomic E-state index is 12.3. The Morgan fingerprint density at radius 3 is 2.67 bits per heavy atom. The third-order valence-corrected chi connectivity index (χ3v) is 3.46. The molecule has 3 N–H and O–H groups in total. The van der Waals surface area contributed by atoms with Crippen molar-refractivity contribution in [1.82, 2.24) is 10.2 Å². The van der Waals surface area contributed by atoms with E-state index in [0.717, 1.165) is 49.4 Å². The third-order valence-electron chi connectivity index (χ3n) is 3.46. The van der Waals surface area contributed by atoms with E-state index >= 15 is 0 Å². The van der Waals surface area contributed by atoms with Gasteiger partial charge in [0.25, 0.3) is 5.91 Å². The number of rotatable bonds is 2. The minimum absolute atomic E-state index is 0.110. The Kier molecular flexibility index (Phi) is 2.80. The Hall–Kier alpha value is -1.81. The van der Waals surface area contributed by atoms with Crippen LogP contribution in [-0.2, 0) is 0 Å². The molecular weight excluding hydrogens is 226 g/mol. The first-order valence-corrected chi connectivity index (χ1v) is 6.34. The van der Waals surface area contributed by atoms with Crippen LogP contribution in [0.15, 0.2) is 24.3 Å². The summed E-state index contributed by atoms with van der Waals surface area (Å²) in [4.78, 5) is 14.2. The average molecular weight is 243 g/mol. The van der Waals surface area contributed by atoms with Gasteiger partial charge in [-0.05, 0) is 30.2 Å². The van der Waals surface area contributed by atoms with Crippen molar-refractivity contribution in [3.05, 3.63) is 35.4 Å². The highest BCUT2D eigenvalue weighted by atomic mass is 16.2. The fourth-order valence-electron chi connectivity index (χ4n) is 2.29. The predicted molar refractivity (Wildman–Crippen MR) is 72.2 cm³/mol. The number of carbonyl (C=O) groups is 1. The zero-order valence-corrected chi connectivity index (χ0v) is 10.3. The average Bonchev–Trinajstić information content (AvgIpc) is 3.24. The fourth-order valence-corrected chi connectivity index (χ4v) is 2.29. The Morgan fingerprint density at radius 2 is 2.00 bits per heavy atom. The summed E-state index contributed by atoms with van der Waals surface area (Å²) in [6, 6.07) is 5.59. The molecule has 0 bridgehead atoms. The number of nitrogen functional groups attached to an aromatic ring is 1. The summed E-state index contributed by atoms with van der Waals surface area (Å²) in [5.74, 6) is 0.110. The van der Waals surface area contributed by atoms with Gasteiger partial charge in [-0.15, -0.1) is 0 Å². The van der Waals surface area contributed by atoms with Gasteiger partial charge in [0.05, 0.1) is 0 Å². The highest BCUT2D eigenvalue weighted by Gasteiger charge is 2.20. The van der Waals surface area contributed by atoms with Crippen LogP contribution < -0.4 is 11.1 Å². The molecule has 0 unspecified atom stereocenters. The van der Waals surface area contributed by atoms with E-state index in [-0.39, 0.29) is 5.91 Å². The van der Waals surface area contributed by atoms with E-state index in [0.29, 0.717) is 0 Å². The van der Waals surface area contributed by atoms with Crippen molar-refractivity contribution >= 4 is 17.2 Å². The molecule has 4 nitrogen and oxygen atoms in total. The van der Waals surface area contributed by atoms with Gasteiger partial charge in [0, 0.05) is 43.0 Å². The number of hydrogen-bond acceptors (Lipinski definition) is 3. The first-order chi connectivity index (χ1) is 8.75. The lowest BCUT2D eigenvalue weighted by molar-refractivity contribution is 0.0736. The molecule has 0 atom stereocenters. The van der Waals surface area contributed by atoms with E-state index in [1.54, 1.807) is 0 Å². The summed E-state index contributed by atoms with van der Waals surface area (Å²) in [7, 11) is 0. The zero-order valence-electron chi connectivity index (χ0n) is 10.3. The number of nitrogens with zero attached hydrogens (tertiary/aromatic N) is 1. The largest absolute Gasteiger partial charge is 0.398 e. The zero-order chi connectivity index (χ0) is 12.5. The molecule has 1 aromatic carbocycles. The Balaban J connectivity index is 1.84. The van der Waals surface area contributed by atoms with Crippen LogP contribution in [0.3, 0.4) is 0 Å². The van der Waals surface area contributed by atoms with Gasteiger partial charge in [0.15, 0.2) is 0 Å². The number of nitrogens with two attached hydrogens (primary N) is 1. The Labute approximate surface area is 106 Å². The molecule has 1 saturated heterocycles. The summed E-state index contributed by atoms with van der Waals surface area (Å²) < 4.78 is 0. The molecular formula is C14H17N3O. The van der Waals surface area contributed by atoms with Crippen molar-refractivity contribution in [1.29, 1.82) is 0 Å². The van der Waals surface area contributed by atoms with Crippen molar-refractivity contribution in [3.63, 3.8) is 0 Å². The van der Waals surface area contributed by atoms with Crippen LogP contribution >= 0.6 is 0 Å². The number of benzene rings is 1. The molecule has 94 valence electrons. The van der Waals surface area contributed by atoms with Crippen molar-refractivity contribution < 1.29 is 4.79 Å². The number of nitrogens with one attached hydrogen (secondary N) is 1. The molecule has 1 aromatic rings. The van der Waals surface area contributed by atoms with Crippen molar-refractivity contribution in [2.45, 2.75) is 6.42 Å². The normalized spacial score (nSPS) is 18.4. The van der Waals surface area contributed by atoms with Crippen LogP contribution in [0.5, 0.6) is 0 Å². The first-order valence-electron chi connectivity index (χ1n) is 6.34. The third kappa shape index (κ3) is 2.11. The molecule has 2 aliphatic rings. The summed E-state index contributed by atoms with van der Waals surface area (Å²) in [5, 5.41) is 3.25. The summed E-state index contributed by atoms with van der Waals surface area (Å²) in [6.45, 7) is 3.31. The number of hydrogen-bond donors (Lipinski definition) is 2. The second-order valence-corrected chi connectivity index (χ2v) is 4.78. The van der Waals surface area contributed by atoms with Gasteiger partial charge in [-0.2, -0.15) is 0 Å². The van der Waals surface area contributed by atoms with Crippen molar-refractivity contribution in [3.8, 4) is 0 Å². The predicted octanol–water partition coefficient (Wildman–Crippen LogP) is 1.10. The summed E-state index contributed by atoms with van der Waals surface area (Å²) >= 11 is 0. The number of amides is 1. The molecule has 1 fully saturated rings. The number of carbonyl (C=O) groups excluding carboxylic acids is 1. The summed E-state index contributed by atoms with van der Waals surface area (Å²) in [5.41, 5.74) is 9.71. The first kappa shape index (κ1) is 11.3. The van der Waals surface area contributed by atoms with E-state index in [1.807, 2.05) is 23.1 Å². The van der Waals surface area contributed by atoms with Crippen molar-refractivity contribution in [2.24, 2.45) is 0 Å². The number of piperazine rings is 1. The van der Waals surface area contributed by atoms with E-state index in [2.05, 4.69) is 11.4 Å². The van der Waals surface area contributed by atoms with E-state index < -0.39 is 0 Å². The highest BCUT2D eigenvalue weighted by molar-refractivity contribution is 5.97. The number of allylic oxidation sites excluding steroid dienone is 2. The lowest BCUT2D eigenvalue weighted by Gasteiger charge is -2.27. The SMILES string of the molecule is Nc1ccc(C(=O)N2CCNCC2)cc1C1=CC1. The van der Waals surface area contributed by atoms with Gasteiger partial charge < -0.3 is 16.0 Å². The smallest absolute Gasteiger partial charge is 0.253 e. The van der Waals surface area contributed by atoms with Gasteiger partial charge in [-0.3, -0.25) is 4.79 Å². The van der Waals surface area contributed by atoms with Gasteiger partial charge >= 0.3 is 0 Å². The lowest BCUT2D eigenvalue weighted by atomic mass is 10.1. The number of anilines is 1. The molecule has 1 heterocycles. The van der Waals surface area contributed by atoms with Crippen LogP contribution in [0.1, 0.15) is 22.3 Å². The molecule has 1 amide bonds. The minimum atomic E-state index is 0.110. The standard InChI is InChI=1S/C14H17N3O/c15-13-4-3-11(9-12(13)10-1-2-10)14(18)17-7-5-16-6-8-17/h1,3-4,9,16H,2,5-8,15H2. The van der Waals surface area contributed by atoms with Gasteiger partial charge in [0.2, 0.25) is 0 Å². The summed E-state index contributed by atoms with van der Waals surface area (Å²) in [6.07, 6.45) is 3.13. The molecule has 1 aliphatic heterocycles. The van der Waals surface area contributed by atoms with Gasteiger partial charge in [-0.1, -0.05) is 6.08 Å². The molecule has 1 aliphatic carbocycles. The molecule has 0 radical (unpaired) electrons. The van der Waals surface area contributed by atoms with Gasteiger partial charge in [-0.25, -0.2) is 0 Å². The second kappa shape index (κ2) is 4.46. The van der Waals surface area contributed by atoms with E-state index in [1.165, 1.54) is 5.57 Å². The fraction of sp³-hybridized carbons (Fsp3) is 0.357. The molecule has 0 saturated carbocycles. The van der Waals surface area contributed by atoms with Gasteiger partial charge in [0.1, 0.15) is 0 Å². The minimum Gasteiger partial charge on any atom is -0.398 e. The molecule has 0 aromatic heterocycles. The van der Waals surface area contributed by atoms with E-state index in [4.69, 9.17) is 5.73 Å². The quantitative estimate of drug-likeness (QED) is 0.765. The van der Waals surface area contributed by atoms with Crippen LogP contribution in [-0.4, -0.2) is 37.0 Å². The Bertz CT molecular complexity index is 516. The topological polar surface area (TPSA) is 58.4 Å². The van der Waals surface area contributed by atoms with E-state index in [9.17, 15) is 4.79 Å². The highest BCUT2D eigenvalue weighted by Crippen LogP contribution is 2.35. The van der Waals surface area contributed by atoms with Crippen LogP contribution in [0, 0.1) is 0 Å². The Morgan fingerprint density at radius 1 is 1.28 bits per heavy atom. The second-order valence-electron chi connectivity index (χ2n) is 4.78.